The van der Waals surface area contributed by atoms with Gasteiger partial charge in [0.2, 0.25) is 0 Å². The number of hydrogen-bond donors (Lipinski definition) is 1. The molecule has 8 nitrogen and oxygen atoms in total. The highest BCUT2D eigenvalue weighted by Gasteiger charge is 2.46. The zero-order valence-electron chi connectivity index (χ0n) is 18.4. The molecule has 0 aliphatic carbocycles. The van der Waals surface area contributed by atoms with Gasteiger partial charge >= 0.3 is 0 Å². The number of carbonyl (C=O) groups is 2. The van der Waals surface area contributed by atoms with Crippen LogP contribution in [0.25, 0.3) is 5.76 Å². The minimum Gasteiger partial charge on any atom is -0.507 e. The van der Waals surface area contributed by atoms with E-state index in [9.17, 15) is 14.7 Å². The van der Waals surface area contributed by atoms with E-state index in [1.54, 1.807) is 69.3 Å². The second-order valence-corrected chi connectivity index (χ2v) is 7.73. The van der Waals surface area contributed by atoms with Crippen LogP contribution in [-0.2, 0) is 23.2 Å². The van der Waals surface area contributed by atoms with Crippen molar-refractivity contribution in [3.8, 4) is 5.75 Å². The van der Waals surface area contributed by atoms with Crippen LogP contribution in [0.5, 0.6) is 5.75 Å². The van der Waals surface area contributed by atoms with Crippen LogP contribution < -0.4 is 4.74 Å². The standard InChI is InChI=1S/C24H24N4O4/c1-14-19(15(2)27(3)26-14)22(29)20-21(17-8-5-9-18(11-17)32-4)28(24(31)23(20)30)13-16-7-6-10-25-12-16/h5-12,21,29H,13H2,1-4H3/t21-/m1/s1. The third-order valence-electron chi connectivity index (χ3n) is 5.77. The topological polar surface area (TPSA) is 97.5 Å². The van der Waals surface area contributed by atoms with Gasteiger partial charge in [-0.2, -0.15) is 5.10 Å². The monoisotopic (exact) mass is 432 g/mol. The first-order chi connectivity index (χ1) is 15.3. The van der Waals surface area contributed by atoms with Gasteiger partial charge in [0, 0.05) is 31.7 Å². The first kappa shape index (κ1) is 21.3. The number of amides is 1. The maximum Gasteiger partial charge on any atom is 0.295 e. The molecule has 0 spiro atoms. The Morgan fingerprint density at radius 2 is 1.97 bits per heavy atom. The largest absolute Gasteiger partial charge is 0.507 e. The van der Waals surface area contributed by atoms with E-state index in [0.29, 0.717) is 28.3 Å². The fourth-order valence-electron chi connectivity index (χ4n) is 4.14. The Hall–Kier alpha value is -3.94. The highest BCUT2D eigenvalue weighted by Crippen LogP contribution is 2.41. The molecule has 4 rings (SSSR count). The molecule has 164 valence electrons. The van der Waals surface area contributed by atoms with Crippen molar-refractivity contribution in [2.75, 3.05) is 7.11 Å². The third kappa shape index (κ3) is 3.53. The Kier molecular flexibility index (Phi) is 5.52. The smallest absolute Gasteiger partial charge is 0.295 e. The maximum absolute atomic E-state index is 13.2. The summed E-state index contributed by atoms with van der Waals surface area (Å²) < 4.78 is 6.99. The van der Waals surface area contributed by atoms with Crippen molar-refractivity contribution < 1.29 is 19.4 Å². The molecule has 0 radical (unpaired) electrons. The Labute approximate surface area is 185 Å². The molecular weight excluding hydrogens is 408 g/mol. The number of aliphatic hydroxyl groups excluding tert-OH is 1. The van der Waals surface area contributed by atoms with Crippen LogP contribution in [0.4, 0.5) is 0 Å². The van der Waals surface area contributed by atoms with Crippen molar-refractivity contribution in [2.24, 2.45) is 7.05 Å². The molecule has 3 heterocycles. The van der Waals surface area contributed by atoms with Gasteiger partial charge in [0.1, 0.15) is 11.5 Å². The van der Waals surface area contributed by atoms with Crippen LogP contribution in [0.2, 0.25) is 0 Å². The van der Waals surface area contributed by atoms with Gasteiger partial charge in [-0.1, -0.05) is 18.2 Å². The molecule has 1 aromatic carbocycles. The van der Waals surface area contributed by atoms with E-state index in [2.05, 4.69) is 10.1 Å². The SMILES string of the molecule is COc1cccc([C@@H]2C(=C(O)c3c(C)nn(C)c3C)C(=O)C(=O)N2Cc2cccnc2)c1. The van der Waals surface area contributed by atoms with E-state index >= 15 is 0 Å². The Morgan fingerprint density at radius 1 is 1.19 bits per heavy atom. The quantitative estimate of drug-likeness (QED) is 0.378. The molecule has 2 aromatic heterocycles. The summed E-state index contributed by atoms with van der Waals surface area (Å²) >= 11 is 0. The summed E-state index contributed by atoms with van der Waals surface area (Å²) in [5.74, 6) is -1.06. The van der Waals surface area contributed by atoms with Gasteiger partial charge in [0.05, 0.1) is 30.0 Å². The highest BCUT2D eigenvalue weighted by molar-refractivity contribution is 6.46. The number of aryl methyl sites for hydroxylation is 2. The minimum atomic E-state index is -0.788. The van der Waals surface area contributed by atoms with Crippen LogP contribution >= 0.6 is 0 Å². The van der Waals surface area contributed by atoms with Crippen LogP contribution in [-0.4, -0.2) is 43.6 Å². The number of likely N-dealkylation sites (tertiary alicyclic amines) is 1. The molecule has 8 heteroatoms. The number of ether oxygens (including phenoxy) is 1. The zero-order chi connectivity index (χ0) is 23.0. The number of Topliss-reactive ketones (excluding diaryl/α,β-unsaturated/α-hetero) is 1. The molecule has 0 bridgehead atoms. The fraction of sp³-hybridized carbons (Fsp3) is 0.250. The van der Waals surface area contributed by atoms with Gasteiger partial charge in [0.15, 0.2) is 0 Å². The highest BCUT2D eigenvalue weighted by atomic mass is 16.5. The lowest BCUT2D eigenvalue weighted by Gasteiger charge is -2.25. The normalized spacial score (nSPS) is 17.8. The lowest BCUT2D eigenvalue weighted by molar-refractivity contribution is -0.140. The molecule has 32 heavy (non-hydrogen) atoms. The third-order valence-corrected chi connectivity index (χ3v) is 5.77. The molecule has 1 N–H and O–H groups in total. The molecule has 3 aromatic rings. The van der Waals surface area contributed by atoms with E-state index < -0.39 is 17.7 Å². The minimum absolute atomic E-state index is 0.0337. The number of aliphatic hydroxyl groups is 1. The number of methoxy groups -OCH3 is 1. The molecule has 1 saturated heterocycles. The number of rotatable bonds is 5. The van der Waals surface area contributed by atoms with Crippen molar-refractivity contribution in [2.45, 2.75) is 26.4 Å². The predicted molar refractivity (Wildman–Crippen MR) is 118 cm³/mol. The molecule has 1 fully saturated rings. The average molecular weight is 432 g/mol. The molecule has 1 aliphatic rings. The lowest BCUT2D eigenvalue weighted by atomic mass is 9.94. The summed E-state index contributed by atoms with van der Waals surface area (Å²) in [6.07, 6.45) is 3.29. The summed E-state index contributed by atoms with van der Waals surface area (Å²) in [4.78, 5) is 31.9. The van der Waals surface area contributed by atoms with Crippen molar-refractivity contribution in [1.82, 2.24) is 19.7 Å². The summed E-state index contributed by atoms with van der Waals surface area (Å²) in [6, 6.07) is 9.98. The number of nitrogens with zero attached hydrogens (tertiary/aromatic N) is 4. The summed E-state index contributed by atoms with van der Waals surface area (Å²) in [5.41, 5.74) is 3.20. The molecule has 1 aliphatic heterocycles. The van der Waals surface area contributed by atoms with Crippen molar-refractivity contribution in [1.29, 1.82) is 0 Å². The van der Waals surface area contributed by atoms with Crippen LogP contribution in [0.1, 0.15) is 34.1 Å². The molecular formula is C24H24N4O4. The second-order valence-electron chi connectivity index (χ2n) is 7.73. The summed E-state index contributed by atoms with van der Waals surface area (Å²) in [6.45, 7) is 3.73. The Morgan fingerprint density at radius 3 is 2.59 bits per heavy atom. The summed E-state index contributed by atoms with van der Waals surface area (Å²) in [5, 5.41) is 15.7. The zero-order valence-corrected chi connectivity index (χ0v) is 18.4. The number of hydrogen-bond acceptors (Lipinski definition) is 6. The van der Waals surface area contributed by atoms with E-state index in [0.717, 1.165) is 5.56 Å². The first-order valence-corrected chi connectivity index (χ1v) is 10.1. The Bertz CT molecular complexity index is 1230. The second kappa shape index (κ2) is 8.30. The molecule has 0 unspecified atom stereocenters. The number of pyridine rings is 1. The van der Waals surface area contributed by atoms with Crippen LogP contribution in [0.3, 0.4) is 0 Å². The average Bonchev–Trinajstić information content (AvgIpc) is 3.20. The lowest BCUT2D eigenvalue weighted by Crippen LogP contribution is -2.29. The molecule has 1 amide bonds. The molecule has 0 saturated carbocycles. The van der Waals surface area contributed by atoms with E-state index in [1.165, 1.54) is 4.90 Å². The number of benzene rings is 1. The number of ketones is 1. The van der Waals surface area contributed by atoms with Crippen molar-refractivity contribution >= 4 is 17.4 Å². The van der Waals surface area contributed by atoms with Crippen molar-refractivity contribution in [3.05, 3.63) is 82.4 Å². The summed E-state index contributed by atoms with van der Waals surface area (Å²) in [7, 11) is 3.31. The molecule has 1 atom stereocenters. The van der Waals surface area contributed by atoms with Crippen molar-refractivity contribution in [3.63, 3.8) is 0 Å². The maximum atomic E-state index is 13.2. The fourth-order valence-corrected chi connectivity index (χ4v) is 4.14. The van der Waals surface area contributed by atoms with Gasteiger partial charge in [-0.05, 0) is 43.2 Å². The Balaban J connectivity index is 1.92. The van der Waals surface area contributed by atoms with Gasteiger partial charge < -0.3 is 14.7 Å². The number of carbonyl (C=O) groups excluding carboxylic acids is 2. The van der Waals surface area contributed by atoms with E-state index in [-0.39, 0.29) is 17.9 Å². The van der Waals surface area contributed by atoms with Gasteiger partial charge in [-0.25, -0.2) is 0 Å². The predicted octanol–water partition coefficient (Wildman–Crippen LogP) is 3.06. The van der Waals surface area contributed by atoms with Gasteiger partial charge in [0.25, 0.3) is 11.7 Å². The van der Waals surface area contributed by atoms with Crippen LogP contribution in [0, 0.1) is 13.8 Å². The van der Waals surface area contributed by atoms with Crippen LogP contribution in [0.15, 0.2) is 54.4 Å². The van der Waals surface area contributed by atoms with E-state index in [1.807, 2.05) is 12.1 Å². The van der Waals surface area contributed by atoms with E-state index in [4.69, 9.17) is 4.74 Å². The number of aromatic nitrogens is 3. The van der Waals surface area contributed by atoms with Gasteiger partial charge in [-0.3, -0.25) is 19.3 Å². The first-order valence-electron chi connectivity index (χ1n) is 10.1. The van der Waals surface area contributed by atoms with Gasteiger partial charge in [-0.15, -0.1) is 0 Å².